The lowest BCUT2D eigenvalue weighted by molar-refractivity contribution is 0.569. The van der Waals surface area contributed by atoms with Crippen LogP contribution in [0, 0.1) is 5.82 Å². The fourth-order valence-electron chi connectivity index (χ4n) is 1.67. The number of nitrogens with zero attached hydrogens (tertiary/aromatic N) is 1. The molecular formula is C11H10ClFN2O. The number of aromatic nitrogens is 1. The van der Waals surface area contributed by atoms with Crippen molar-refractivity contribution < 1.29 is 4.39 Å². The predicted molar refractivity (Wildman–Crippen MR) is 62.1 cm³/mol. The Bertz CT molecular complexity index is 607. The summed E-state index contributed by atoms with van der Waals surface area (Å²) in [6.07, 6.45) is -0.517. The molecule has 0 saturated carbocycles. The number of nitrogens with two attached hydrogens (primary N) is 1. The van der Waals surface area contributed by atoms with Gasteiger partial charge in [-0.15, -0.1) is 0 Å². The molecule has 1 unspecified atom stereocenters. The van der Waals surface area contributed by atoms with Crippen molar-refractivity contribution in [3.63, 3.8) is 0 Å². The van der Waals surface area contributed by atoms with E-state index >= 15 is 0 Å². The second-order valence-corrected chi connectivity index (χ2v) is 4.01. The molecule has 0 aliphatic carbocycles. The van der Waals surface area contributed by atoms with Gasteiger partial charge >= 0.3 is 0 Å². The molecule has 0 amide bonds. The van der Waals surface area contributed by atoms with Crippen molar-refractivity contribution in [3.8, 4) is 0 Å². The highest BCUT2D eigenvalue weighted by Crippen LogP contribution is 2.22. The fraction of sp³-hybridized carbons (Fsp3) is 0.182. The normalized spacial score (nSPS) is 13.0. The van der Waals surface area contributed by atoms with Gasteiger partial charge in [0.05, 0.1) is 16.7 Å². The summed E-state index contributed by atoms with van der Waals surface area (Å²) in [5.74, 6) is -0.561. The summed E-state index contributed by atoms with van der Waals surface area (Å²) in [6, 6.07) is 5.69. The summed E-state index contributed by atoms with van der Waals surface area (Å²) in [6.45, 7) is 1.66. The van der Waals surface area contributed by atoms with Gasteiger partial charge in [0.1, 0.15) is 5.82 Å². The van der Waals surface area contributed by atoms with Crippen LogP contribution in [0.25, 0.3) is 10.9 Å². The molecular weight excluding hydrogens is 231 g/mol. The first kappa shape index (κ1) is 11.1. The van der Waals surface area contributed by atoms with E-state index < -0.39 is 12.0 Å². The summed E-state index contributed by atoms with van der Waals surface area (Å²) in [5, 5.41) is 0.714. The third-order valence-electron chi connectivity index (χ3n) is 2.38. The number of fused-ring (bicyclic) bond motifs is 1. The van der Waals surface area contributed by atoms with E-state index in [1.807, 2.05) is 0 Å². The number of rotatable bonds is 1. The molecule has 0 aliphatic heterocycles. The molecule has 2 N–H and O–H groups in total. The van der Waals surface area contributed by atoms with Crippen LogP contribution in [0.4, 0.5) is 4.39 Å². The van der Waals surface area contributed by atoms with Gasteiger partial charge in [-0.2, -0.15) is 0 Å². The fourth-order valence-corrected chi connectivity index (χ4v) is 1.85. The first-order chi connectivity index (χ1) is 7.50. The van der Waals surface area contributed by atoms with Gasteiger partial charge in [0.25, 0.3) is 5.56 Å². The standard InChI is InChI=1S/C11H10ClFN2O/c1-6(14)15-10-5-9(13)8(12)4-7(10)2-3-11(15)16/h2-6H,14H2,1H3. The Kier molecular flexibility index (Phi) is 2.69. The molecule has 16 heavy (non-hydrogen) atoms. The first-order valence-corrected chi connectivity index (χ1v) is 5.14. The van der Waals surface area contributed by atoms with Crippen LogP contribution in [0.5, 0.6) is 0 Å². The highest BCUT2D eigenvalue weighted by molar-refractivity contribution is 6.31. The number of pyridine rings is 1. The minimum Gasteiger partial charge on any atom is -0.311 e. The topological polar surface area (TPSA) is 48.0 Å². The molecule has 1 atom stereocenters. The van der Waals surface area contributed by atoms with E-state index in [2.05, 4.69) is 0 Å². The molecule has 1 aromatic carbocycles. The van der Waals surface area contributed by atoms with Crippen molar-refractivity contribution in [2.24, 2.45) is 5.73 Å². The quantitative estimate of drug-likeness (QED) is 0.831. The van der Waals surface area contributed by atoms with Crippen LogP contribution in [-0.2, 0) is 0 Å². The Morgan fingerprint density at radius 1 is 1.44 bits per heavy atom. The molecule has 0 radical (unpaired) electrons. The van der Waals surface area contributed by atoms with Crippen molar-refractivity contribution in [1.29, 1.82) is 0 Å². The molecule has 0 saturated heterocycles. The average Bonchev–Trinajstić information content (AvgIpc) is 2.20. The molecule has 84 valence electrons. The van der Waals surface area contributed by atoms with Crippen LogP contribution in [-0.4, -0.2) is 4.57 Å². The molecule has 3 nitrogen and oxygen atoms in total. The Labute approximate surface area is 96.2 Å². The molecule has 1 aromatic heterocycles. The van der Waals surface area contributed by atoms with Crippen molar-refractivity contribution in [2.45, 2.75) is 13.1 Å². The minimum absolute atomic E-state index is 0.0300. The molecule has 2 aromatic rings. The zero-order valence-electron chi connectivity index (χ0n) is 8.58. The lowest BCUT2D eigenvalue weighted by Crippen LogP contribution is -2.27. The SMILES string of the molecule is CC(N)n1c(=O)ccc2cc(Cl)c(F)cc21. The van der Waals surface area contributed by atoms with Crippen LogP contribution in [0.1, 0.15) is 13.1 Å². The van der Waals surface area contributed by atoms with E-state index in [1.165, 1.54) is 22.8 Å². The van der Waals surface area contributed by atoms with Crippen LogP contribution < -0.4 is 11.3 Å². The van der Waals surface area contributed by atoms with Gasteiger partial charge in [-0.3, -0.25) is 9.36 Å². The molecule has 1 heterocycles. The maximum atomic E-state index is 13.3. The molecule has 0 fully saturated rings. The Morgan fingerprint density at radius 2 is 2.12 bits per heavy atom. The largest absolute Gasteiger partial charge is 0.311 e. The van der Waals surface area contributed by atoms with Crippen LogP contribution in [0.3, 0.4) is 0 Å². The number of hydrogen-bond acceptors (Lipinski definition) is 2. The zero-order chi connectivity index (χ0) is 11.9. The average molecular weight is 241 g/mol. The van der Waals surface area contributed by atoms with Gasteiger partial charge in [0, 0.05) is 11.5 Å². The maximum Gasteiger partial charge on any atom is 0.252 e. The van der Waals surface area contributed by atoms with Gasteiger partial charge in [-0.25, -0.2) is 4.39 Å². The van der Waals surface area contributed by atoms with E-state index in [4.69, 9.17) is 17.3 Å². The summed E-state index contributed by atoms with van der Waals surface area (Å²) >= 11 is 5.67. The third kappa shape index (κ3) is 1.70. The van der Waals surface area contributed by atoms with Crippen molar-refractivity contribution in [3.05, 3.63) is 45.5 Å². The summed E-state index contributed by atoms with van der Waals surface area (Å²) in [5.41, 5.74) is 5.86. The maximum absolute atomic E-state index is 13.3. The lowest BCUT2D eigenvalue weighted by atomic mass is 10.2. The third-order valence-corrected chi connectivity index (χ3v) is 2.67. The molecule has 0 bridgehead atoms. The number of halogens is 2. The molecule has 5 heteroatoms. The van der Waals surface area contributed by atoms with Gasteiger partial charge in [0.2, 0.25) is 0 Å². The summed E-state index contributed by atoms with van der Waals surface area (Å²) in [4.78, 5) is 11.6. The van der Waals surface area contributed by atoms with E-state index in [0.717, 1.165) is 0 Å². The second-order valence-electron chi connectivity index (χ2n) is 3.61. The van der Waals surface area contributed by atoms with Gasteiger partial charge in [0.15, 0.2) is 0 Å². The molecule has 2 rings (SSSR count). The second kappa shape index (κ2) is 3.88. The zero-order valence-corrected chi connectivity index (χ0v) is 9.33. The Balaban J connectivity index is 2.92. The van der Waals surface area contributed by atoms with Gasteiger partial charge in [-0.1, -0.05) is 11.6 Å². The lowest BCUT2D eigenvalue weighted by Gasteiger charge is -2.13. The van der Waals surface area contributed by atoms with Gasteiger partial charge < -0.3 is 5.73 Å². The van der Waals surface area contributed by atoms with E-state index in [-0.39, 0.29) is 10.6 Å². The monoisotopic (exact) mass is 240 g/mol. The van der Waals surface area contributed by atoms with Crippen molar-refractivity contribution in [1.82, 2.24) is 4.57 Å². The molecule has 0 aliphatic rings. The number of benzene rings is 1. The summed E-state index contributed by atoms with van der Waals surface area (Å²) < 4.78 is 14.7. The van der Waals surface area contributed by atoms with Crippen molar-refractivity contribution >= 4 is 22.5 Å². The summed E-state index contributed by atoms with van der Waals surface area (Å²) in [7, 11) is 0. The highest BCUT2D eigenvalue weighted by Gasteiger charge is 2.09. The predicted octanol–water partition coefficient (Wildman–Crippen LogP) is 2.27. The van der Waals surface area contributed by atoms with Crippen LogP contribution in [0.2, 0.25) is 5.02 Å². The first-order valence-electron chi connectivity index (χ1n) is 4.76. The van der Waals surface area contributed by atoms with Crippen LogP contribution >= 0.6 is 11.6 Å². The van der Waals surface area contributed by atoms with E-state index in [0.29, 0.717) is 10.9 Å². The van der Waals surface area contributed by atoms with Gasteiger partial charge in [-0.05, 0) is 25.1 Å². The minimum atomic E-state index is -0.561. The Hall–Kier alpha value is -1.39. The van der Waals surface area contributed by atoms with E-state index in [1.54, 1.807) is 13.0 Å². The highest BCUT2D eigenvalue weighted by atomic mass is 35.5. The number of hydrogen-bond donors (Lipinski definition) is 1. The molecule has 0 spiro atoms. The Morgan fingerprint density at radius 3 is 2.75 bits per heavy atom. The van der Waals surface area contributed by atoms with Crippen molar-refractivity contribution in [2.75, 3.05) is 0 Å². The smallest absolute Gasteiger partial charge is 0.252 e. The van der Waals surface area contributed by atoms with E-state index in [9.17, 15) is 9.18 Å². The van der Waals surface area contributed by atoms with Crippen LogP contribution in [0.15, 0.2) is 29.1 Å².